The van der Waals surface area contributed by atoms with E-state index in [9.17, 15) is 0 Å². The molecule has 4 aromatic carbocycles. The highest BCUT2D eigenvalue weighted by molar-refractivity contribution is 7.80. The van der Waals surface area contributed by atoms with Gasteiger partial charge in [0.15, 0.2) is 7.14 Å². The van der Waals surface area contributed by atoms with Gasteiger partial charge in [0, 0.05) is 16.2 Å². The van der Waals surface area contributed by atoms with E-state index in [1.165, 1.54) is 0 Å². The van der Waals surface area contributed by atoms with Crippen molar-refractivity contribution < 1.29 is 14.0 Å². The molecule has 1 heterocycles. The maximum atomic E-state index is 16.1. The number of hydrogen-bond donors (Lipinski definition) is 0. The fraction of sp³-hybridized carbons (Fsp3) is 0.133. The molecule has 1 spiro atoms. The molecule has 1 atom stereocenters. The largest absolute Gasteiger partial charge is 0.342 e. The Kier molecular flexibility index (Phi) is 5.15. The molecule has 0 amide bonds. The molecule has 4 heteroatoms. The highest BCUT2D eigenvalue weighted by Crippen LogP contribution is 2.72. The van der Waals surface area contributed by atoms with Crippen molar-refractivity contribution in [3.63, 3.8) is 0 Å². The van der Waals surface area contributed by atoms with E-state index in [0.717, 1.165) is 27.3 Å². The molecule has 0 radical (unpaired) electrons. The molecule has 168 valence electrons. The summed E-state index contributed by atoms with van der Waals surface area (Å²) in [5.74, 6) is -1.24. The predicted octanol–water partition coefficient (Wildman–Crippen LogP) is 5.82. The Balaban J connectivity index is 1.79. The van der Waals surface area contributed by atoms with E-state index >= 15 is 4.57 Å². The maximum absolute atomic E-state index is 16.1. The van der Waals surface area contributed by atoms with E-state index < -0.39 is 18.1 Å². The van der Waals surface area contributed by atoms with Gasteiger partial charge in [-0.2, -0.15) is 0 Å². The van der Waals surface area contributed by atoms with Crippen molar-refractivity contribution in [2.24, 2.45) is 0 Å². The minimum Gasteiger partial charge on any atom is -0.342 e. The molecular weight excluding hydrogens is 439 g/mol. The highest BCUT2D eigenvalue weighted by Gasteiger charge is 2.68. The Bertz CT molecular complexity index is 1330. The number of ether oxygens (including phenoxy) is 2. The van der Waals surface area contributed by atoms with Gasteiger partial charge in [-0.1, -0.05) is 127 Å². The minimum atomic E-state index is -3.46. The van der Waals surface area contributed by atoms with E-state index in [2.05, 4.69) is 18.2 Å². The summed E-state index contributed by atoms with van der Waals surface area (Å²) in [6.07, 6.45) is 4.16. The third-order valence-electron chi connectivity index (χ3n) is 6.97. The molecule has 6 rings (SSSR count). The molecule has 0 aromatic heterocycles. The van der Waals surface area contributed by atoms with Crippen molar-refractivity contribution in [2.75, 3.05) is 13.2 Å². The van der Waals surface area contributed by atoms with Gasteiger partial charge in [-0.15, -0.1) is 0 Å². The molecule has 0 bridgehead atoms. The zero-order valence-electron chi connectivity index (χ0n) is 18.7. The van der Waals surface area contributed by atoms with Gasteiger partial charge in [0.25, 0.3) is 0 Å². The van der Waals surface area contributed by atoms with E-state index in [1.54, 1.807) is 0 Å². The summed E-state index contributed by atoms with van der Waals surface area (Å²) in [7, 11) is -3.46. The van der Waals surface area contributed by atoms with E-state index in [4.69, 9.17) is 9.47 Å². The lowest BCUT2D eigenvalue weighted by atomic mass is 9.78. The summed E-state index contributed by atoms with van der Waals surface area (Å²) in [5, 5.41) is 0.426. The van der Waals surface area contributed by atoms with Gasteiger partial charge in [-0.05, 0) is 11.1 Å². The minimum absolute atomic E-state index is 0.431. The third kappa shape index (κ3) is 2.82. The lowest BCUT2D eigenvalue weighted by Crippen LogP contribution is -2.54. The van der Waals surface area contributed by atoms with Crippen molar-refractivity contribution in [2.45, 2.75) is 10.9 Å². The number of fused-ring (bicyclic) bond motifs is 2. The molecular formula is C30H25O3P. The van der Waals surface area contributed by atoms with Crippen molar-refractivity contribution in [3.05, 3.63) is 138 Å². The normalized spacial score (nSPS) is 20.8. The van der Waals surface area contributed by atoms with Gasteiger partial charge < -0.3 is 14.0 Å². The van der Waals surface area contributed by atoms with Crippen LogP contribution < -0.4 is 10.6 Å². The van der Waals surface area contributed by atoms with Crippen molar-refractivity contribution in [1.82, 2.24) is 0 Å². The molecule has 1 unspecified atom stereocenters. The van der Waals surface area contributed by atoms with Crippen LogP contribution in [-0.4, -0.2) is 13.2 Å². The monoisotopic (exact) mass is 464 g/mol. The second kappa shape index (κ2) is 8.21. The van der Waals surface area contributed by atoms with E-state index in [1.807, 2.05) is 109 Å². The van der Waals surface area contributed by atoms with Crippen LogP contribution >= 0.6 is 7.14 Å². The summed E-state index contributed by atoms with van der Waals surface area (Å²) in [4.78, 5) is 0. The first kappa shape index (κ1) is 21.3. The van der Waals surface area contributed by atoms with E-state index in [0.29, 0.717) is 13.2 Å². The molecule has 4 aromatic rings. The molecule has 0 N–H and O–H groups in total. The smallest absolute Gasteiger partial charge is 0.217 e. The van der Waals surface area contributed by atoms with Crippen LogP contribution in [0.3, 0.4) is 0 Å². The molecule has 1 saturated heterocycles. The van der Waals surface area contributed by atoms with Gasteiger partial charge in [-0.3, -0.25) is 0 Å². The number of benzene rings is 4. The SMILES string of the molecule is O=P(c1ccccc1)(c1ccccc1)C1(c2ccccc2)C=Cc2ccccc2C12OCCO2. The van der Waals surface area contributed by atoms with Crippen LogP contribution in [0.1, 0.15) is 16.7 Å². The second-order valence-electron chi connectivity index (χ2n) is 8.65. The Labute approximate surface area is 200 Å². The fourth-order valence-corrected chi connectivity index (χ4v) is 9.32. The number of rotatable bonds is 4. The lowest BCUT2D eigenvalue weighted by Gasteiger charge is -2.51. The second-order valence-corrected chi connectivity index (χ2v) is 11.6. The summed E-state index contributed by atoms with van der Waals surface area (Å²) in [5.41, 5.74) is 2.83. The zero-order valence-corrected chi connectivity index (χ0v) is 19.6. The summed E-state index contributed by atoms with van der Waals surface area (Å²) in [6, 6.07) is 37.8. The van der Waals surface area contributed by atoms with Crippen molar-refractivity contribution in [3.8, 4) is 0 Å². The lowest BCUT2D eigenvalue weighted by molar-refractivity contribution is -0.187. The average Bonchev–Trinajstić information content (AvgIpc) is 3.41. The summed E-state index contributed by atoms with van der Waals surface area (Å²) >= 11 is 0. The standard InChI is InChI=1S/C30H25O3P/c31-34(26-15-6-2-7-16-26,27-17-8-3-9-18-27)29(25-13-4-1-5-14-25)21-20-24-12-10-11-19-28(24)30(29)32-22-23-33-30/h1-21H,22-23H2. The zero-order chi connectivity index (χ0) is 23.1. The predicted molar refractivity (Wildman–Crippen MR) is 137 cm³/mol. The molecule has 3 nitrogen and oxygen atoms in total. The van der Waals surface area contributed by atoms with Crippen molar-refractivity contribution in [1.29, 1.82) is 0 Å². The molecule has 1 aliphatic carbocycles. The van der Waals surface area contributed by atoms with Crippen LogP contribution in [0.4, 0.5) is 0 Å². The summed E-state index contributed by atoms with van der Waals surface area (Å²) in [6.45, 7) is 0.862. The maximum Gasteiger partial charge on any atom is 0.217 e. The molecule has 2 aliphatic rings. The van der Waals surface area contributed by atoms with Crippen molar-refractivity contribution >= 4 is 23.8 Å². The third-order valence-corrected chi connectivity index (χ3v) is 10.7. The molecule has 1 aliphatic heterocycles. The van der Waals surface area contributed by atoms with Crippen LogP contribution in [0.25, 0.3) is 6.08 Å². The Morgan fingerprint density at radius 1 is 0.618 bits per heavy atom. The average molecular weight is 465 g/mol. The molecule has 0 saturated carbocycles. The first-order valence-electron chi connectivity index (χ1n) is 11.6. The van der Waals surface area contributed by atoms with Crippen LogP contribution in [0.5, 0.6) is 0 Å². The van der Waals surface area contributed by atoms with Gasteiger partial charge in [0.2, 0.25) is 5.79 Å². The topological polar surface area (TPSA) is 35.5 Å². The van der Waals surface area contributed by atoms with Crippen LogP contribution in [0.15, 0.2) is 121 Å². The number of hydrogen-bond acceptors (Lipinski definition) is 3. The first-order valence-corrected chi connectivity index (χ1v) is 13.3. The summed E-state index contributed by atoms with van der Waals surface area (Å²) < 4.78 is 29.3. The molecule has 34 heavy (non-hydrogen) atoms. The van der Waals surface area contributed by atoms with Gasteiger partial charge in [0.05, 0.1) is 13.2 Å². The first-order chi connectivity index (χ1) is 16.7. The Hall–Kier alpha value is -3.23. The quantitative estimate of drug-likeness (QED) is 0.357. The van der Waals surface area contributed by atoms with Gasteiger partial charge in [-0.25, -0.2) is 0 Å². The molecule has 1 fully saturated rings. The Morgan fingerprint density at radius 2 is 1.12 bits per heavy atom. The fourth-order valence-electron chi connectivity index (χ4n) is 5.56. The Morgan fingerprint density at radius 3 is 1.71 bits per heavy atom. The van der Waals surface area contributed by atoms with Crippen LogP contribution in [0, 0.1) is 0 Å². The van der Waals surface area contributed by atoms with Gasteiger partial charge in [0.1, 0.15) is 5.16 Å². The highest BCUT2D eigenvalue weighted by atomic mass is 31.2. The van der Waals surface area contributed by atoms with Crippen LogP contribution in [-0.2, 0) is 25.0 Å². The van der Waals surface area contributed by atoms with E-state index in [-0.39, 0.29) is 0 Å². The van der Waals surface area contributed by atoms with Crippen LogP contribution in [0.2, 0.25) is 0 Å². The van der Waals surface area contributed by atoms with Gasteiger partial charge >= 0.3 is 0 Å².